The number of likely N-dealkylation sites (tertiary alicyclic amines) is 1. The molecule has 0 spiro atoms. The van der Waals surface area contributed by atoms with Crippen LogP contribution in [0.4, 0.5) is 4.79 Å². The largest absolute Gasteiger partial charge is 0.497 e. The van der Waals surface area contributed by atoms with E-state index >= 15 is 0 Å². The number of benzene rings is 1. The van der Waals surface area contributed by atoms with E-state index in [9.17, 15) is 4.79 Å². The molecule has 1 aliphatic rings. The molecule has 146 valence electrons. The molecule has 2 heterocycles. The molecule has 0 radical (unpaired) electrons. The van der Waals surface area contributed by atoms with Gasteiger partial charge < -0.3 is 24.2 Å². The van der Waals surface area contributed by atoms with E-state index in [4.69, 9.17) is 14.0 Å². The Hall–Kier alpha value is -2.61. The number of amides is 2. The summed E-state index contributed by atoms with van der Waals surface area (Å²) >= 11 is 0. The number of carbonyl (C=O) groups is 1. The topological polar surface area (TPSA) is 89.7 Å². The van der Waals surface area contributed by atoms with Gasteiger partial charge in [-0.25, -0.2) is 4.79 Å². The molecule has 1 fully saturated rings. The summed E-state index contributed by atoms with van der Waals surface area (Å²) in [7, 11) is 3.21. The first kappa shape index (κ1) is 19.2. The second-order valence-corrected chi connectivity index (χ2v) is 6.55. The summed E-state index contributed by atoms with van der Waals surface area (Å²) in [6.07, 6.45) is 3.88. The van der Waals surface area contributed by atoms with Crippen molar-refractivity contribution in [2.45, 2.75) is 44.9 Å². The summed E-state index contributed by atoms with van der Waals surface area (Å²) in [5, 5.41) is 6.93. The number of hydrogen-bond donors (Lipinski definition) is 1. The highest BCUT2D eigenvalue weighted by Gasteiger charge is 2.31. The lowest BCUT2D eigenvalue weighted by atomic mass is 10.1. The molecule has 0 saturated carbocycles. The molecular formula is C19H26N4O4. The molecule has 0 bridgehead atoms. The van der Waals surface area contributed by atoms with E-state index in [1.807, 2.05) is 24.3 Å². The Kier molecular flexibility index (Phi) is 6.64. The fraction of sp³-hybridized carbons (Fsp3) is 0.526. The standard InChI is InChI=1S/C19H26N4O4/c1-25-13-17-21-18(27-22-17)16-6-4-3-5-11-23(16)19(24)20-12-14-7-9-15(26-2)10-8-14/h7-10,16H,3-6,11-13H2,1-2H3,(H,20,24). The third-order valence-corrected chi connectivity index (χ3v) is 4.66. The van der Waals surface area contributed by atoms with Gasteiger partial charge in [-0.1, -0.05) is 30.1 Å². The fourth-order valence-corrected chi connectivity index (χ4v) is 3.22. The van der Waals surface area contributed by atoms with Gasteiger partial charge >= 0.3 is 6.03 Å². The molecule has 1 atom stereocenters. The second kappa shape index (κ2) is 9.36. The molecule has 1 N–H and O–H groups in total. The Morgan fingerprint density at radius 2 is 2.07 bits per heavy atom. The van der Waals surface area contributed by atoms with Crippen molar-refractivity contribution >= 4 is 6.03 Å². The fourth-order valence-electron chi connectivity index (χ4n) is 3.22. The smallest absolute Gasteiger partial charge is 0.318 e. The van der Waals surface area contributed by atoms with Gasteiger partial charge in [-0.15, -0.1) is 0 Å². The molecule has 2 aromatic rings. The van der Waals surface area contributed by atoms with Crippen molar-refractivity contribution in [1.29, 1.82) is 0 Å². The van der Waals surface area contributed by atoms with Crippen molar-refractivity contribution in [3.8, 4) is 5.75 Å². The van der Waals surface area contributed by atoms with Crippen molar-refractivity contribution in [3.05, 3.63) is 41.5 Å². The van der Waals surface area contributed by atoms with Crippen LogP contribution >= 0.6 is 0 Å². The average molecular weight is 374 g/mol. The van der Waals surface area contributed by atoms with E-state index in [2.05, 4.69) is 15.5 Å². The van der Waals surface area contributed by atoms with Crippen molar-refractivity contribution in [2.75, 3.05) is 20.8 Å². The molecule has 1 aromatic carbocycles. The summed E-state index contributed by atoms with van der Waals surface area (Å²) in [5.74, 6) is 1.76. The van der Waals surface area contributed by atoms with Gasteiger partial charge in [0, 0.05) is 20.2 Å². The Morgan fingerprint density at radius 3 is 2.81 bits per heavy atom. The van der Waals surface area contributed by atoms with Crippen LogP contribution in [0.3, 0.4) is 0 Å². The molecule has 1 unspecified atom stereocenters. The van der Waals surface area contributed by atoms with E-state index in [1.54, 1.807) is 19.1 Å². The maximum atomic E-state index is 12.8. The van der Waals surface area contributed by atoms with E-state index in [0.717, 1.165) is 37.0 Å². The number of methoxy groups -OCH3 is 2. The lowest BCUT2D eigenvalue weighted by molar-refractivity contribution is 0.158. The third kappa shape index (κ3) is 4.97. The average Bonchev–Trinajstić information content (AvgIpc) is 3.01. The quantitative estimate of drug-likeness (QED) is 0.836. The second-order valence-electron chi connectivity index (χ2n) is 6.55. The van der Waals surface area contributed by atoms with Crippen LogP contribution in [0.5, 0.6) is 5.75 Å². The van der Waals surface area contributed by atoms with Crippen molar-refractivity contribution < 1.29 is 18.8 Å². The number of urea groups is 1. The Bertz CT molecular complexity index is 732. The zero-order chi connectivity index (χ0) is 19.1. The lowest BCUT2D eigenvalue weighted by Crippen LogP contribution is -2.42. The van der Waals surface area contributed by atoms with Crippen molar-refractivity contribution in [2.24, 2.45) is 0 Å². The summed E-state index contributed by atoms with van der Waals surface area (Å²) < 4.78 is 15.6. The minimum absolute atomic E-state index is 0.121. The Balaban J connectivity index is 1.66. The predicted octanol–water partition coefficient (Wildman–Crippen LogP) is 3.05. The summed E-state index contributed by atoms with van der Waals surface area (Å²) in [6.45, 7) is 1.41. The highest BCUT2D eigenvalue weighted by molar-refractivity contribution is 5.74. The van der Waals surface area contributed by atoms with Crippen LogP contribution in [0.2, 0.25) is 0 Å². The molecule has 27 heavy (non-hydrogen) atoms. The molecule has 3 rings (SSSR count). The van der Waals surface area contributed by atoms with E-state index in [1.165, 1.54) is 0 Å². The van der Waals surface area contributed by atoms with Crippen molar-refractivity contribution in [1.82, 2.24) is 20.4 Å². The van der Waals surface area contributed by atoms with Gasteiger partial charge in [-0.2, -0.15) is 4.98 Å². The van der Waals surface area contributed by atoms with Gasteiger partial charge in [-0.3, -0.25) is 0 Å². The lowest BCUT2D eigenvalue weighted by Gasteiger charge is -2.27. The number of hydrogen-bond acceptors (Lipinski definition) is 6. The van der Waals surface area contributed by atoms with Crippen LogP contribution in [0.25, 0.3) is 0 Å². The molecule has 1 aromatic heterocycles. The van der Waals surface area contributed by atoms with E-state index < -0.39 is 0 Å². The summed E-state index contributed by atoms with van der Waals surface area (Å²) in [6, 6.07) is 7.31. The Morgan fingerprint density at radius 1 is 1.26 bits per heavy atom. The first-order chi connectivity index (χ1) is 13.2. The molecule has 8 nitrogen and oxygen atoms in total. The van der Waals surface area contributed by atoms with Gasteiger partial charge in [0.15, 0.2) is 5.82 Å². The van der Waals surface area contributed by atoms with Gasteiger partial charge in [0.05, 0.1) is 7.11 Å². The van der Waals surface area contributed by atoms with Crippen LogP contribution in [0.1, 0.15) is 49.0 Å². The normalized spacial score (nSPS) is 17.4. The summed E-state index contributed by atoms with van der Waals surface area (Å²) in [5.41, 5.74) is 1.01. The van der Waals surface area contributed by atoms with Gasteiger partial charge in [0.2, 0.25) is 5.89 Å². The Labute approximate surface area is 158 Å². The summed E-state index contributed by atoms with van der Waals surface area (Å²) in [4.78, 5) is 19.0. The number of aromatic nitrogens is 2. The first-order valence-corrected chi connectivity index (χ1v) is 9.20. The molecule has 0 aliphatic carbocycles. The third-order valence-electron chi connectivity index (χ3n) is 4.66. The highest BCUT2D eigenvalue weighted by Crippen LogP contribution is 2.29. The monoisotopic (exact) mass is 374 g/mol. The number of rotatable bonds is 6. The minimum atomic E-state index is -0.207. The molecule has 8 heteroatoms. The number of carbonyl (C=O) groups excluding carboxylic acids is 1. The molecule has 1 saturated heterocycles. The number of ether oxygens (including phenoxy) is 2. The number of nitrogens with zero attached hydrogens (tertiary/aromatic N) is 3. The molecule has 2 amide bonds. The maximum absolute atomic E-state index is 12.8. The van der Waals surface area contributed by atoms with Crippen LogP contribution in [-0.2, 0) is 17.9 Å². The number of nitrogens with one attached hydrogen (secondary N) is 1. The van der Waals surface area contributed by atoms with Gasteiger partial charge in [-0.05, 0) is 30.5 Å². The SMILES string of the molecule is COCc1noc(C2CCCCCN2C(=O)NCc2ccc(OC)cc2)n1. The maximum Gasteiger partial charge on any atom is 0.318 e. The van der Waals surface area contributed by atoms with E-state index in [0.29, 0.717) is 31.4 Å². The predicted molar refractivity (Wildman–Crippen MR) is 98.2 cm³/mol. The van der Waals surface area contributed by atoms with Crippen LogP contribution in [0, 0.1) is 0 Å². The van der Waals surface area contributed by atoms with Gasteiger partial charge in [0.25, 0.3) is 0 Å². The highest BCUT2D eigenvalue weighted by atomic mass is 16.5. The van der Waals surface area contributed by atoms with Crippen molar-refractivity contribution in [3.63, 3.8) is 0 Å². The molecular weight excluding hydrogens is 348 g/mol. The zero-order valence-corrected chi connectivity index (χ0v) is 15.8. The molecule has 1 aliphatic heterocycles. The van der Waals surface area contributed by atoms with Crippen LogP contribution < -0.4 is 10.1 Å². The minimum Gasteiger partial charge on any atom is -0.497 e. The first-order valence-electron chi connectivity index (χ1n) is 9.20. The van der Waals surface area contributed by atoms with E-state index in [-0.39, 0.29) is 12.1 Å². The van der Waals surface area contributed by atoms with Crippen LogP contribution in [-0.4, -0.2) is 41.8 Å². The van der Waals surface area contributed by atoms with Gasteiger partial charge in [0.1, 0.15) is 18.4 Å². The zero-order valence-electron chi connectivity index (χ0n) is 15.8. The van der Waals surface area contributed by atoms with Crippen LogP contribution in [0.15, 0.2) is 28.8 Å².